The smallest absolute Gasteiger partial charge is 0.378 e. The maximum Gasteiger partial charge on any atom is 0.435 e. The lowest BCUT2D eigenvalue weighted by Crippen LogP contribution is -2.47. The maximum atomic E-state index is 13.5. The molecule has 4 rings (SSSR count). The molecule has 1 atom stereocenters. The van der Waals surface area contributed by atoms with E-state index in [0.29, 0.717) is 11.6 Å². The molecule has 1 unspecified atom stereocenters. The first-order chi connectivity index (χ1) is 14.2. The molecule has 0 spiro atoms. The molecule has 0 radical (unpaired) electrons. The van der Waals surface area contributed by atoms with E-state index >= 15 is 0 Å². The van der Waals surface area contributed by atoms with Crippen molar-refractivity contribution in [2.75, 3.05) is 13.2 Å². The van der Waals surface area contributed by atoms with Gasteiger partial charge in [0.2, 0.25) is 5.82 Å². The SMILES string of the molecule is Cn1nc(C(F)(F)F)cc1C(=O)NC1(c2nc(-c3cccc(F)c3)no2)CCOC1. The van der Waals surface area contributed by atoms with Crippen molar-refractivity contribution in [3.8, 4) is 11.4 Å². The van der Waals surface area contributed by atoms with Gasteiger partial charge in [-0.15, -0.1) is 0 Å². The lowest BCUT2D eigenvalue weighted by Gasteiger charge is -2.24. The highest BCUT2D eigenvalue weighted by atomic mass is 19.4. The molecular weight excluding hydrogens is 410 g/mol. The molecule has 158 valence electrons. The van der Waals surface area contributed by atoms with Crippen molar-refractivity contribution < 1.29 is 31.6 Å². The Labute approximate surface area is 166 Å². The number of aryl methyl sites for hydroxylation is 1. The van der Waals surface area contributed by atoms with Crippen LogP contribution in [0, 0.1) is 5.82 Å². The number of ether oxygens (including phenoxy) is 1. The second kappa shape index (κ2) is 7.20. The number of benzene rings is 1. The quantitative estimate of drug-likeness (QED) is 0.646. The van der Waals surface area contributed by atoms with Crippen molar-refractivity contribution >= 4 is 5.91 Å². The van der Waals surface area contributed by atoms with E-state index in [1.54, 1.807) is 6.07 Å². The van der Waals surface area contributed by atoms with E-state index in [1.807, 2.05) is 0 Å². The van der Waals surface area contributed by atoms with Crippen molar-refractivity contribution in [2.45, 2.75) is 18.1 Å². The first kappa shape index (κ1) is 20.0. The van der Waals surface area contributed by atoms with Gasteiger partial charge in [-0.1, -0.05) is 17.3 Å². The number of carbonyl (C=O) groups is 1. The van der Waals surface area contributed by atoms with Crippen LogP contribution in [-0.4, -0.2) is 39.0 Å². The van der Waals surface area contributed by atoms with Gasteiger partial charge in [-0.05, 0) is 12.1 Å². The summed E-state index contributed by atoms with van der Waals surface area (Å²) in [5.74, 6) is -1.19. The van der Waals surface area contributed by atoms with Crippen LogP contribution in [0.5, 0.6) is 0 Å². The van der Waals surface area contributed by atoms with Crippen molar-refractivity contribution in [3.05, 3.63) is 53.4 Å². The minimum absolute atomic E-state index is 0.00539. The molecule has 3 heterocycles. The van der Waals surface area contributed by atoms with Crippen LogP contribution in [0.4, 0.5) is 17.6 Å². The molecule has 30 heavy (non-hydrogen) atoms. The van der Waals surface area contributed by atoms with Crippen LogP contribution in [0.2, 0.25) is 0 Å². The van der Waals surface area contributed by atoms with E-state index in [-0.39, 0.29) is 37.0 Å². The zero-order valence-corrected chi connectivity index (χ0v) is 15.5. The van der Waals surface area contributed by atoms with Gasteiger partial charge in [-0.3, -0.25) is 9.48 Å². The number of hydrogen-bond acceptors (Lipinski definition) is 6. The van der Waals surface area contributed by atoms with Crippen LogP contribution < -0.4 is 5.32 Å². The molecule has 1 aromatic carbocycles. The summed E-state index contributed by atoms with van der Waals surface area (Å²) in [5.41, 5.74) is -2.35. The third-order valence-electron chi connectivity index (χ3n) is 4.70. The van der Waals surface area contributed by atoms with Crippen LogP contribution in [0.1, 0.15) is 28.5 Å². The van der Waals surface area contributed by atoms with Crippen molar-refractivity contribution in [1.82, 2.24) is 25.2 Å². The summed E-state index contributed by atoms with van der Waals surface area (Å²) in [5, 5.41) is 9.81. The van der Waals surface area contributed by atoms with E-state index in [2.05, 4.69) is 20.6 Å². The predicted octanol–water partition coefficient (Wildman–Crippen LogP) is 2.67. The summed E-state index contributed by atoms with van der Waals surface area (Å²) in [4.78, 5) is 17.0. The number of halogens is 4. The fraction of sp³-hybridized carbons (Fsp3) is 0.333. The summed E-state index contributed by atoms with van der Waals surface area (Å²) in [6, 6.07) is 6.21. The van der Waals surface area contributed by atoms with Gasteiger partial charge < -0.3 is 14.6 Å². The average Bonchev–Trinajstić information content (AvgIpc) is 3.40. The van der Waals surface area contributed by atoms with Crippen LogP contribution in [0.15, 0.2) is 34.9 Å². The van der Waals surface area contributed by atoms with Crippen LogP contribution in [0.25, 0.3) is 11.4 Å². The average molecular weight is 425 g/mol. The van der Waals surface area contributed by atoms with Gasteiger partial charge >= 0.3 is 6.18 Å². The molecular formula is C18H15F4N5O3. The summed E-state index contributed by atoms with van der Waals surface area (Å²) in [6.07, 6.45) is -4.43. The Morgan fingerprint density at radius 3 is 2.73 bits per heavy atom. The van der Waals surface area contributed by atoms with Crippen LogP contribution >= 0.6 is 0 Å². The molecule has 0 bridgehead atoms. The normalized spacial score (nSPS) is 19.2. The summed E-state index contributed by atoms with van der Waals surface area (Å²) < 4.78 is 63.7. The molecule has 1 amide bonds. The topological polar surface area (TPSA) is 95.1 Å². The molecule has 2 aromatic heterocycles. The lowest BCUT2D eigenvalue weighted by atomic mass is 9.98. The Morgan fingerprint density at radius 2 is 2.10 bits per heavy atom. The highest BCUT2D eigenvalue weighted by Crippen LogP contribution is 2.32. The van der Waals surface area contributed by atoms with E-state index in [9.17, 15) is 22.4 Å². The molecule has 3 aromatic rings. The van der Waals surface area contributed by atoms with Crippen LogP contribution in [-0.2, 0) is 23.5 Å². The van der Waals surface area contributed by atoms with Gasteiger partial charge in [0.25, 0.3) is 11.8 Å². The number of rotatable bonds is 4. The Bertz CT molecular complexity index is 1090. The number of aromatic nitrogens is 4. The largest absolute Gasteiger partial charge is 0.435 e. The second-order valence-corrected chi connectivity index (χ2v) is 6.81. The first-order valence-corrected chi connectivity index (χ1v) is 8.80. The number of alkyl halides is 3. The molecule has 8 nitrogen and oxygen atoms in total. The van der Waals surface area contributed by atoms with Crippen molar-refractivity contribution in [3.63, 3.8) is 0 Å². The van der Waals surface area contributed by atoms with Gasteiger partial charge in [0, 0.05) is 31.7 Å². The molecule has 1 fully saturated rings. The molecule has 0 aliphatic carbocycles. The zero-order valence-electron chi connectivity index (χ0n) is 15.5. The summed E-state index contributed by atoms with van der Waals surface area (Å²) in [7, 11) is 1.23. The van der Waals surface area contributed by atoms with E-state index in [4.69, 9.17) is 9.26 Å². The molecule has 1 saturated heterocycles. The molecule has 1 aliphatic rings. The standard InChI is InChI=1S/C18H15F4N5O3/c1-27-12(8-13(25-27)18(20,21)22)15(28)24-17(5-6-29-9-17)16-23-14(26-30-16)10-3-2-4-11(19)7-10/h2-4,7-8H,5-6,9H2,1H3,(H,24,28). The van der Waals surface area contributed by atoms with Gasteiger partial charge in [0.05, 0.1) is 6.61 Å². The Balaban J connectivity index is 1.63. The van der Waals surface area contributed by atoms with Gasteiger partial charge in [-0.2, -0.15) is 23.3 Å². The first-order valence-electron chi connectivity index (χ1n) is 8.80. The summed E-state index contributed by atoms with van der Waals surface area (Å²) in [6.45, 7) is 0.241. The lowest BCUT2D eigenvalue weighted by molar-refractivity contribution is -0.141. The van der Waals surface area contributed by atoms with E-state index < -0.39 is 29.1 Å². The molecule has 1 N–H and O–H groups in total. The number of carbonyl (C=O) groups excluding carboxylic acids is 1. The third kappa shape index (κ3) is 3.65. The minimum atomic E-state index is -4.68. The molecule has 0 saturated carbocycles. The Kier molecular flexibility index (Phi) is 4.80. The van der Waals surface area contributed by atoms with Crippen molar-refractivity contribution in [1.29, 1.82) is 0 Å². The van der Waals surface area contributed by atoms with Gasteiger partial charge in [0.1, 0.15) is 17.1 Å². The third-order valence-corrected chi connectivity index (χ3v) is 4.70. The highest BCUT2D eigenvalue weighted by Gasteiger charge is 2.44. The van der Waals surface area contributed by atoms with Crippen LogP contribution in [0.3, 0.4) is 0 Å². The Morgan fingerprint density at radius 1 is 1.30 bits per heavy atom. The number of nitrogens with one attached hydrogen (secondary N) is 1. The van der Waals surface area contributed by atoms with E-state index in [0.717, 1.165) is 4.68 Å². The highest BCUT2D eigenvalue weighted by molar-refractivity contribution is 5.93. The summed E-state index contributed by atoms with van der Waals surface area (Å²) >= 11 is 0. The fourth-order valence-electron chi connectivity index (χ4n) is 3.15. The number of nitrogens with zero attached hydrogens (tertiary/aromatic N) is 4. The monoisotopic (exact) mass is 425 g/mol. The molecule has 1 aliphatic heterocycles. The molecule has 12 heteroatoms. The van der Waals surface area contributed by atoms with Gasteiger partial charge in [0.15, 0.2) is 5.69 Å². The maximum absolute atomic E-state index is 13.5. The minimum Gasteiger partial charge on any atom is -0.378 e. The van der Waals surface area contributed by atoms with Crippen molar-refractivity contribution in [2.24, 2.45) is 7.05 Å². The van der Waals surface area contributed by atoms with E-state index in [1.165, 1.54) is 25.2 Å². The fourth-order valence-corrected chi connectivity index (χ4v) is 3.15. The predicted molar refractivity (Wildman–Crippen MR) is 92.5 cm³/mol. The number of amides is 1. The second-order valence-electron chi connectivity index (χ2n) is 6.81. The zero-order chi connectivity index (χ0) is 21.5. The van der Waals surface area contributed by atoms with Gasteiger partial charge in [-0.25, -0.2) is 4.39 Å². The number of hydrogen-bond donors (Lipinski definition) is 1. The Hall–Kier alpha value is -3.28.